The molecule has 0 amide bonds. The Morgan fingerprint density at radius 2 is 1.76 bits per heavy atom. The second-order valence-corrected chi connectivity index (χ2v) is 8.71. The van der Waals surface area contributed by atoms with Crippen molar-refractivity contribution in [1.82, 2.24) is 20.0 Å². The third kappa shape index (κ3) is 4.33. The average molecular weight is 577 g/mol. The fourth-order valence-electron chi connectivity index (χ4n) is 3.26. The SMILES string of the molecule is Oc1c(F)cc(-n2cc(-c3ccc4c(Oc5cc(Cl)cc(I)c5)cccc4n3)nn2)cc1F. The molecule has 0 aliphatic rings. The van der Waals surface area contributed by atoms with Crippen LogP contribution in [0.15, 0.2) is 66.9 Å². The van der Waals surface area contributed by atoms with Crippen molar-refractivity contribution in [2.24, 2.45) is 0 Å². The van der Waals surface area contributed by atoms with Gasteiger partial charge in [0.15, 0.2) is 17.4 Å². The van der Waals surface area contributed by atoms with E-state index >= 15 is 0 Å². The fourth-order valence-corrected chi connectivity index (χ4v) is 4.32. The molecule has 0 saturated carbocycles. The Labute approximate surface area is 204 Å². The van der Waals surface area contributed by atoms with E-state index in [4.69, 9.17) is 16.3 Å². The van der Waals surface area contributed by atoms with Crippen molar-refractivity contribution in [3.8, 4) is 34.3 Å². The maximum atomic E-state index is 13.7. The van der Waals surface area contributed by atoms with Gasteiger partial charge in [-0.1, -0.05) is 22.9 Å². The maximum Gasteiger partial charge on any atom is 0.187 e. The lowest BCUT2D eigenvalue weighted by atomic mass is 10.1. The van der Waals surface area contributed by atoms with Gasteiger partial charge in [0.1, 0.15) is 17.2 Å². The molecule has 2 aromatic heterocycles. The molecule has 0 atom stereocenters. The quantitative estimate of drug-likeness (QED) is 0.247. The number of aromatic nitrogens is 4. The van der Waals surface area contributed by atoms with Crippen LogP contribution < -0.4 is 4.74 Å². The Morgan fingerprint density at radius 1 is 0.970 bits per heavy atom. The first-order valence-electron chi connectivity index (χ1n) is 9.52. The van der Waals surface area contributed by atoms with Crippen LogP contribution in [0, 0.1) is 15.2 Å². The van der Waals surface area contributed by atoms with Gasteiger partial charge in [0.25, 0.3) is 0 Å². The fraction of sp³-hybridized carbons (Fsp3) is 0. The molecule has 1 N–H and O–H groups in total. The zero-order chi connectivity index (χ0) is 23.1. The number of ether oxygens (including phenoxy) is 1. The Balaban J connectivity index is 1.48. The Kier molecular flexibility index (Phi) is 5.59. The molecule has 0 bridgehead atoms. The van der Waals surface area contributed by atoms with Gasteiger partial charge in [0.2, 0.25) is 0 Å². The van der Waals surface area contributed by atoms with Gasteiger partial charge < -0.3 is 9.84 Å². The van der Waals surface area contributed by atoms with Gasteiger partial charge in [-0.05, 0) is 65.1 Å². The van der Waals surface area contributed by atoms with Crippen LogP contribution in [0.3, 0.4) is 0 Å². The molecule has 0 unspecified atom stereocenters. The number of benzene rings is 3. The smallest absolute Gasteiger partial charge is 0.187 e. The van der Waals surface area contributed by atoms with E-state index < -0.39 is 17.4 Å². The summed E-state index contributed by atoms with van der Waals surface area (Å²) in [6.07, 6.45) is 1.49. The summed E-state index contributed by atoms with van der Waals surface area (Å²) in [4.78, 5) is 4.63. The van der Waals surface area contributed by atoms with Crippen molar-refractivity contribution >= 4 is 45.1 Å². The standard InChI is InChI=1S/C23H12ClF2IN4O2/c24-12-6-13(27)8-15(7-12)33-22-3-1-2-19-16(22)4-5-20(28-19)21-11-31(30-29-21)14-9-17(25)23(32)18(26)10-14/h1-11,32H. The topological polar surface area (TPSA) is 73.1 Å². The predicted molar refractivity (Wildman–Crippen MR) is 128 cm³/mol. The largest absolute Gasteiger partial charge is 0.503 e. The van der Waals surface area contributed by atoms with Gasteiger partial charge in [-0.2, -0.15) is 0 Å². The molecule has 33 heavy (non-hydrogen) atoms. The number of hydrogen-bond donors (Lipinski definition) is 1. The first kappa shape index (κ1) is 21.5. The Morgan fingerprint density at radius 3 is 2.52 bits per heavy atom. The monoisotopic (exact) mass is 576 g/mol. The number of phenolic OH excluding ortho intramolecular Hbond substituents is 1. The molecular formula is C23H12ClF2IN4O2. The van der Waals surface area contributed by atoms with Gasteiger partial charge >= 0.3 is 0 Å². The molecule has 0 radical (unpaired) electrons. The molecule has 6 nitrogen and oxygen atoms in total. The Hall–Kier alpha value is -3.31. The predicted octanol–water partition coefficient (Wildman–Crippen LogP) is 6.52. The van der Waals surface area contributed by atoms with Gasteiger partial charge in [-0.15, -0.1) is 5.10 Å². The second-order valence-electron chi connectivity index (χ2n) is 7.03. The van der Waals surface area contributed by atoms with Crippen LogP contribution in [0.4, 0.5) is 8.78 Å². The van der Waals surface area contributed by atoms with Crippen LogP contribution in [0.5, 0.6) is 17.2 Å². The second kappa shape index (κ2) is 8.56. The molecule has 0 aliphatic carbocycles. The zero-order valence-corrected chi connectivity index (χ0v) is 19.4. The summed E-state index contributed by atoms with van der Waals surface area (Å²) >= 11 is 8.30. The van der Waals surface area contributed by atoms with Gasteiger partial charge in [-0.3, -0.25) is 0 Å². The van der Waals surface area contributed by atoms with E-state index in [1.54, 1.807) is 12.1 Å². The van der Waals surface area contributed by atoms with Crippen LogP contribution in [0.2, 0.25) is 5.02 Å². The highest BCUT2D eigenvalue weighted by Gasteiger charge is 2.14. The van der Waals surface area contributed by atoms with Gasteiger partial charge in [0, 0.05) is 26.1 Å². The number of hydrogen-bond acceptors (Lipinski definition) is 5. The lowest BCUT2D eigenvalue weighted by molar-refractivity contribution is 0.395. The molecule has 0 fully saturated rings. The summed E-state index contributed by atoms with van der Waals surface area (Å²) in [5, 5.41) is 18.6. The number of halogens is 4. The molecular weight excluding hydrogens is 565 g/mol. The average Bonchev–Trinajstić information content (AvgIpc) is 3.27. The molecule has 164 valence electrons. The lowest BCUT2D eigenvalue weighted by Crippen LogP contribution is -1.97. The molecule has 0 aliphatic heterocycles. The summed E-state index contributed by atoms with van der Waals surface area (Å²) in [7, 11) is 0. The summed E-state index contributed by atoms with van der Waals surface area (Å²) in [6.45, 7) is 0. The van der Waals surface area contributed by atoms with Crippen molar-refractivity contribution in [3.63, 3.8) is 0 Å². The van der Waals surface area contributed by atoms with Crippen molar-refractivity contribution in [3.05, 3.63) is 87.1 Å². The van der Waals surface area contributed by atoms with Crippen LogP contribution in [-0.4, -0.2) is 25.1 Å². The summed E-state index contributed by atoms with van der Waals surface area (Å²) in [5.41, 5.74) is 1.66. The minimum atomic E-state index is -1.09. The van der Waals surface area contributed by atoms with Gasteiger partial charge in [-0.25, -0.2) is 18.4 Å². The number of rotatable bonds is 4. The number of nitrogens with zero attached hydrogens (tertiary/aromatic N) is 4. The normalized spacial score (nSPS) is 11.2. The van der Waals surface area contributed by atoms with Crippen LogP contribution >= 0.6 is 34.2 Å². The maximum absolute atomic E-state index is 13.7. The number of fused-ring (bicyclic) bond motifs is 1. The number of aromatic hydroxyl groups is 1. The van der Waals surface area contributed by atoms with E-state index in [2.05, 4.69) is 37.9 Å². The summed E-state index contributed by atoms with van der Waals surface area (Å²) in [5.74, 6) is -2.00. The third-order valence-electron chi connectivity index (χ3n) is 4.78. The van der Waals surface area contributed by atoms with E-state index in [0.717, 1.165) is 21.1 Å². The first-order valence-corrected chi connectivity index (χ1v) is 11.0. The van der Waals surface area contributed by atoms with E-state index in [1.807, 2.05) is 36.4 Å². The van der Waals surface area contributed by atoms with Crippen molar-refractivity contribution < 1.29 is 18.6 Å². The lowest BCUT2D eigenvalue weighted by Gasteiger charge is -2.10. The van der Waals surface area contributed by atoms with Crippen LogP contribution in [0.25, 0.3) is 28.0 Å². The minimum Gasteiger partial charge on any atom is -0.503 e. The minimum absolute atomic E-state index is 0.0779. The molecule has 5 rings (SSSR count). The Bertz CT molecular complexity index is 1480. The third-order valence-corrected chi connectivity index (χ3v) is 5.62. The molecule has 0 spiro atoms. The highest BCUT2D eigenvalue weighted by molar-refractivity contribution is 14.1. The first-order chi connectivity index (χ1) is 15.9. The summed E-state index contributed by atoms with van der Waals surface area (Å²) in [6, 6.07) is 16.5. The van der Waals surface area contributed by atoms with Crippen molar-refractivity contribution in [1.29, 1.82) is 0 Å². The summed E-state index contributed by atoms with van der Waals surface area (Å²) < 4.78 is 35.6. The van der Waals surface area contributed by atoms with E-state index in [9.17, 15) is 13.9 Å². The number of phenols is 1. The van der Waals surface area contributed by atoms with Gasteiger partial charge in [0.05, 0.1) is 23.1 Å². The molecule has 5 aromatic rings. The van der Waals surface area contributed by atoms with Crippen LogP contribution in [-0.2, 0) is 0 Å². The van der Waals surface area contributed by atoms with E-state index in [1.165, 1.54) is 10.9 Å². The highest BCUT2D eigenvalue weighted by atomic mass is 127. The molecule has 2 heterocycles. The highest BCUT2D eigenvalue weighted by Crippen LogP contribution is 2.33. The van der Waals surface area contributed by atoms with Crippen molar-refractivity contribution in [2.45, 2.75) is 0 Å². The number of pyridine rings is 1. The van der Waals surface area contributed by atoms with E-state index in [0.29, 0.717) is 33.4 Å². The zero-order valence-electron chi connectivity index (χ0n) is 16.5. The molecule has 10 heteroatoms. The molecule has 3 aromatic carbocycles. The van der Waals surface area contributed by atoms with Crippen LogP contribution in [0.1, 0.15) is 0 Å². The van der Waals surface area contributed by atoms with E-state index in [-0.39, 0.29) is 5.69 Å². The van der Waals surface area contributed by atoms with Crippen molar-refractivity contribution in [2.75, 3.05) is 0 Å². The molecule has 0 saturated heterocycles.